The highest BCUT2D eigenvalue weighted by Gasteiger charge is 2.25. The number of hydrogen-bond donors (Lipinski definition) is 2. The van der Waals surface area contributed by atoms with Gasteiger partial charge in [-0.05, 0) is 37.4 Å². The lowest BCUT2D eigenvalue weighted by Gasteiger charge is -2.32. The van der Waals surface area contributed by atoms with Crippen LogP contribution in [-0.2, 0) is 10.0 Å². The summed E-state index contributed by atoms with van der Waals surface area (Å²) < 4.78 is 24.9. The smallest absolute Gasteiger partial charge is 0.211 e. The first-order chi connectivity index (χ1) is 13.9. The summed E-state index contributed by atoms with van der Waals surface area (Å²) in [6, 6.07) is 10.9. The van der Waals surface area contributed by atoms with E-state index in [2.05, 4.69) is 58.6 Å². The van der Waals surface area contributed by atoms with Gasteiger partial charge >= 0.3 is 0 Å². The van der Waals surface area contributed by atoms with Gasteiger partial charge in [-0.2, -0.15) is 0 Å². The average Bonchev–Trinajstić information content (AvgIpc) is 2.73. The minimum Gasteiger partial charge on any atom is -0.356 e. The first-order valence-corrected chi connectivity index (χ1v) is 12.4. The number of rotatable bonds is 9. The predicted octanol–water partition coefficient (Wildman–Crippen LogP) is 1.91. The molecule has 1 aliphatic rings. The number of guanidine groups is 1. The minimum absolute atomic E-state index is 0.280. The molecule has 7 nitrogen and oxygen atoms in total. The third-order valence-electron chi connectivity index (χ3n) is 5.72. The summed E-state index contributed by atoms with van der Waals surface area (Å²) in [5.74, 6) is 1.25. The van der Waals surface area contributed by atoms with E-state index < -0.39 is 10.0 Å². The highest BCUT2D eigenvalue weighted by Crippen LogP contribution is 2.20. The summed E-state index contributed by atoms with van der Waals surface area (Å²) in [7, 11) is -1.28. The summed E-state index contributed by atoms with van der Waals surface area (Å²) in [4.78, 5) is 6.81. The molecule has 164 valence electrons. The molecule has 2 N–H and O–H groups in total. The number of nitrogens with one attached hydrogen (secondary N) is 2. The van der Waals surface area contributed by atoms with Gasteiger partial charge in [-0.15, -0.1) is 0 Å². The maximum atomic E-state index is 11.7. The molecular weight excluding hydrogens is 386 g/mol. The van der Waals surface area contributed by atoms with Gasteiger partial charge in [-0.1, -0.05) is 44.2 Å². The fourth-order valence-electron chi connectivity index (χ4n) is 3.90. The Balaban J connectivity index is 1.87. The lowest BCUT2D eigenvalue weighted by atomic mass is 9.98. The Kier molecular flexibility index (Phi) is 9.39. The monoisotopic (exact) mass is 423 g/mol. The molecule has 0 aliphatic carbocycles. The summed E-state index contributed by atoms with van der Waals surface area (Å²) in [6.45, 7) is 9.15. The van der Waals surface area contributed by atoms with E-state index in [0.29, 0.717) is 19.0 Å². The molecule has 0 radical (unpaired) electrons. The van der Waals surface area contributed by atoms with E-state index in [-0.39, 0.29) is 6.04 Å². The largest absolute Gasteiger partial charge is 0.356 e. The number of sulfonamides is 1. The van der Waals surface area contributed by atoms with Crippen LogP contribution in [0.1, 0.15) is 38.3 Å². The molecule has 1 unspecified atom stereocenters. The number of aliphatic imine (C=N–C) groups is 1. The van der Waals surface area contributed by atoms with E-state index in [4.69, 9.17) is 0 Å². The van der Waals surface area contributed by atoms with Crippen molar-refractivity contribution in [2.45, 2.75) is 32.7 Å². The topological polar surface area (TPSA) is 77.0 Å². The normalized spacial score (nSPS) is 18.0. The summed E-state index contributed by atoms with van der Waals surface area (Å²) >= 11 is 0. The highest BCUT2D eigenvalue weighted by atomic mass is 32.2. The van der Waals surface area contributed by atoms with E-state index in [0.717, 1.165) is 45.0 Å². The second-order valence-corrected chi connectivity index (χ2v) is 9.57. The summed E-state index contributed by atoms with van der Waals surface area (Å²) in [5, 5.41) is 6.91. The van der Waals surface area contributed by atoms with Crippen LogP contribution < -0.4 is 10.6 Å². The van der Waals surface area contributed by atoms with Gasteiger partial charge in [0.25, 0.3) is 0 Å². The minimum atomic E-state index is -3.07. The first kappa shape index (κ1) is 23.6. The van der Waals surface area contributed by atoms with Crippen LogP contribution in [0.15, 0.2) is 35.3 Å². The Hall–Kier alpha value is -1.64. The van der Waals surface area contributed by atoms with Gasteiger partial charge in [-0.3, -0.25) is 9.89 Å². The van der Waals surface area contributed by atoms with Crippen LogP contribution in [0.3, 0.4) is 0 Å². The van der Waals surface area contributed by atoms with Gasteiger partial charge in [0.2, 0.25) is 10.0 Å². The lowest BCUT2D eigenvalue weighted by Crippen LogP contribution is -2.46. The molecule has 1 saturated heterocycles. The molecule has 1 aromatic carbocycles. The van der Waals surface area contributed by atoms with E-state index in [9.17, 15) is 8.42 Å². The van der Waals surface area contributed by atoms with Crippen LogP contribution in [0.5, 0.6) is 0 Å². The molecule has 0 saturated carbocycles. The molecule has 0 amide bonds. The molecule has 1 aliphatic heterocycles. The maximum Gasteiger partial charge on any atom is 0.211 e. The van der Waals surface area contributed by atoms with Crippen LogP contribution in [0.2, 0.25) is 0 Å². The molecule has 8 heteroatoms. The van der Waals surface area contributed by atoms with Crippen molar-refractivity contribution in [2.75, 3.05) is 52.6 Å². The van der Waals surface area contributed by atoms with Gasteiger partial charge in [0, 0.05) is 33.2 Å². The zero-order chi connectivity index (χ0) is 21.3. The van der Waals surface area contributed by atoms with Gasteiger partial charge in [0.15, 0.2) is 5.96 Å². The summed E-state index contributed by atoms with van der Waals surface area (Å²) in [6.07, 6.45) is 3.04. The van der Waals surface area contributed by atoms with Crippen LogP contribution in [-0.4, -0.2) is 76.2 Å². The Morgan fingerprint density at radius 2 is 1.79 bits per heavy atom. The molecular formula is C21H37N5O2S. The van der Waals surface area contributed by atoms with Crippen molar-refractivity contribution in [3.8, 4) is 0 Å². The molecule has 2 rings (SSSR count). The standard InChI is InChI=1S/C21H37N5O2S/c1-5-25(6-2)20(19-10-8-7-9-11-19)17-24-21(22-3)23-16-18-12-14-26(15-13-18)29(4,27)28/h7-11,18,20H,5-6,12-17H2,1-4H3,(H2,22,23,24). The molecule has 29 heavy (non-hydrogen) atoms. The quantitative estimate of drug-likeness (QED) is 0.469. The zero-order valence-electron chi connectivity index (χ0n) is 18.3. The second kappa shape index (κ2) is 11.5. The number of hydrogen-bond acceptors (Lipinski definition) is 4. The number of piperidine rings is 1. The molecule has 1 heterocycles. The van der Waals surface area contributed by atoms with Crippen molar-refractivity contribution >= 4 is 16.0 Å². The fraction of sp³-hybridized carbons (Fsp3) is 0.667. The van der Waals surface area contributed by atoms with Crippen molar-refractivity contribution in [1.29, 1.82) is 0 Å². The predicted molar refractivity (Wildman–Crippen MR) is 121 cm³/mol. The van der Waals surface area contributed by atoms with E-state index >= 15 is 0 Å². The second-order valence-electron chi connectivity index (χ2n) is 7.59. The number of benzene rings is 1. The molecule has 1 fully saturated rings. The first-order valence-electron chi connectivity index (χ1n) is 10.6. The van der Waals surface area contributed by atoms with Crippen LogP contribution in [0, 0.1) is 5.92 Å². The van der Waals surface area contributed by atoms with Crippen molar-refractivity contribution < 1.29 is 8.42 Å². The molecule has 1 atom stereocenters. The summed E-state index contributed by atoms with van der Waals surface area (Å²) in [5.41, 5.74) is 1.30. The van der Waals surface area contributed by atoms with Gasteiger partial charge in [0.05, 0.1) is 12.3 Å². The fourth-order valence-corrected chi connectivity index (χ4v) is 4.77. The van der Waals surface area contributed by atoms with E-state index in [1.165, 1.54) is 11.8 Å². The molecule has 0 aromatic heterocycles. The molecule has 0 spiro atoms. The van der Waals surface area contributed by atoms with Crippen LogP contribution >= 0.6 is 0 Å². The Morgan fingerprint density at radius 3 is 2.31 bits per heavy atom. The van der Waals surface area contributed by atoms with Crippen LogP contribution in [0.4, 0.5) is 0 Å². The lowest BCUT2D eigenvalue weighted by molar-refractivity contribution is 0.218. The molecule has 1 aromatic rings. The number of likely N-dealkylation sites (N-methyl/N-ethyl adjacent to an activating group) is 1. The Bertz CT molecular complexity index is 727. The van der Waals surface area contributed by atoms with Gasteiger partial charge < -0.3 is 10.6 Å². The van der Waals surface area contributed by atoms with Crippen LogP contribution in [0.25, 0.3) is 0 Å². The molecule has 0 bridgehead atoms. The van der Waals surface area contributed by atoms with Crippen molar-refractivity contribution in [2.24, 2.45) is 10.9 Å². The average molecular weight is 424 g/mol. The third kappa shape index (κ3) is 7.28. The zero-order valence-corrected chi connectivity index (χ0v) is 19.1. The third-order valence-corrected chi connectivity index (χ3v) is 7.03. The number of nitrogens with zero attached hydrogens (tertiary/aromatic N) is 3. The van der Waals surface area contributed by atoms with Crippen molar-refractivity contribution in [1.82, 2.24) is 19.8 Å². The Labute approximate surface area is 176 Å². The van der Waals surface area contributed by atoms with Gasteiger partial charge in [-0.25, -0.2) is 12.7 Å². The van der Waals surface area contributed by atoms with E-state index in [1.807, 2.05) is 6.07 Å². The van der Waals surface area contributed by atoms with E-state index in [1.54, 1.807) is 11.4 Å². The van der Waals surface area contributed by atoms with Crippen molar-refractivity contribution in [3.05, 3.63) is 35.9 Å². The highest BCUT2D eigenvalue weighted by molar-refractivity contribution is 7.88. The maximum absolute atomic E-state index is 11.7. The Morgan fingerprint density at radius 1 is 1.17 bits per heavy atom. The van der Waals surface area contributed by atoms with Gasteiger partial charge in [0.1, 0.15) is 0 Å². The van der Waals surface area contributed by atoms with Crippen molar-refractivity contribution in [3.63, 3.8) is 0 Å². The SMILES string of the molecule is CCN(CC)C(CNC(=NC)NCC1CCN(S(C)(=O)=O)CC1)c1ccccc1.